The minimum absolute atomic E-state index is 0.412. The van der Waals surface area contributed by atoms with Gasteiger partial charge in [0.25, 0.3) is 0 Å². The number of nitrogens with two attached hydrogens (primary N) is 2. The molecule has 0 aliphatic carbocycles. The number of hydrazone groups is 1. The highest BCUT2D eigenvalue weighted by Crippen LogP contribution is 2.11. The molecule has 4 N–H and O–H groups in total. The Labute approximate surface area is 73.0 Å². The van der Waals surface area contributed by atoms with Crippen molar-refractivity contribution in [2.24, 2.45) is 16.7 Å². The molecule has 1 heterocycles. The van der Waals surface area contributed by atoms with E-state index in [-0.39, 0.29) is 0 Å². The van der Waals surface area contributed by atoms with Crippen LogP contribution in [0.2, 0.25) is 0 Å². The Kier molecular flexibility index (Phi) is 2.75. The van der Waals surface area contributed by atoms with Gasteiger partial charge in [-0.3, -0.25) is 0 Å². The maximum atomic E-state index is 5.57. The van der Waals surface area contributed by atoms with E-state index in [4.69, 9.17) is 11.6 Å². The zero-order valence-corrected chi connectivity index (χ0v) is 7.70. The van der Waals surface area contributed by atoms with Crippen molar-refractivity contribution >= 4 is 5.96 Å². The van der Waals surface area contributed by atoms with Gasteiger partial charge in [-0.15, -0.1) is 5.10 Å². The van der Waals surface area contributed by atoms with Crippen LogP contribution in [0, 0.1) is 0 Å². The van der Waals surface area contributed by atoms with Crippen molar-refractivity contribution in [3.05, 3.63) is 0 Å². The summed E-state index contributed by atoms with van der Waals surface area (Å²) >= 11 is 0. The second-order valence-electron chi connectivity index (χ2n) is 3.30. The van der Waals surface area contributed by atoms with Crippen LogP contribution in [0.15, 0.2) is 5.10 Å². The predicted molar refractivity (Wildman–Crippen MR) is 49.5 cm³/mol. The van der Waals surface area contributed by atoms with Gasteiger partial charge in [0, 0.05) is 19.6 Å². The molecule has 0 bridgehead atoms. The van der Waals surface area contributed by atoms with E-state index in [0.29, 0.717) is 12.0 Å². The molecule has 5 heteroatoms. The minimum Gasteiger partial charge on any atom is -0.368 e. The third-order valence-corrected chi connectivity index (χ3v) is 2.41. The maximum Gasteiger partial charge on any atom is 0.213 e. The van der Waals surface area contributed by atoms with Gasteiger partial charge >= 0.3 is 0 Å². The van der Waals surface area contributed by atoms with Gasteiger partial charge in [0.05, 0.1) is 0 Å². The lowest BCUT2D eigenvalue weighted by Gasteiger charge is -2.24. The van der Waals surface area contributed by atoms with Crippen LogP contribution in [0.5, 0.6) is 0 Å². The van der Waals surface area contributed by atoms with Crippen LogP contribution in [-0.4, -0.2) is 49.0 Å². The van der Waals surface area contributed by atoms with Crippen LogP contribution in [0.25, 0.3) is 0 Å². The fraction of sp³-hybridized carbons (Fsp3) is 0.857. The molecular weight excluding hydrogens is 154 g/mol. The van der Waals surface area contributed by atoms with Crippen LogP contribution in [-0.2, 0) is 0 Å². The Balaban J connectivity index is 2.48. The molecule has 0 aromatic heterocycles. The van der Waals surface area contributed by atoms with Gasteiger partial charge in [0.1, 0.15) is 0 Å². The molecule has 1 rings (SSSR count). The fourth-order valence-corrected chi connectivity index (χ4v) is 1.51. The largest absolute Gasteiger partial charge is 0.368 e. The molecule has 1 atom stereocenters. The van der Waals surface area contributed by atoms with Gasteiger partial charge in [0.2, 0.25) is 5.96 Å². The lowest BCUT2D eigenvalue weighted by molar-refractivity contribution is 0.339. The van der Waals surface area contributed by atoms with Crippen LogP contribution in [0.3, 0.4) is 0 Å². The summed E-state index contributed by atoms with van der Waals surface area (Å²) in [5.74, 6) is 5.50. The zero-order chi connectivity index (χ0) is 9.14. The predicted octanol–water partition coefficient (Wildman–Crippen LogP) is -1.19. The summed E-state index contributed by atoms with van der Waals surface area (Å²) in [6.45, 7) is 2.15. The van der Waals surface area contributed by atoms with E-state index in [9.17, 15) is 0 Å². The topological polar surface area (TPSA) is 70.9 Å². The molecule has 1 aliphatic heterocycles. The van der Waals surface area contributed by atoms with Gasteiger partial charge in [-0.25, -0.2) is 0 Å². The van der Waals surface area contributed by atoms with Crippen LogP contribution < -0.4 is 11.6 Å². The van der Waals surface area contributed by atoms with E-state index < -0.39 is 0 Å². The molecule has 1 fully saturated rings. The van der Waals surface area contributed by atoms with Crippen LogP contribution in [0.4, 0.5) is 0 Å². The molecule has 0 amide bonds. The molecule has 0 aromatic rings. The van der Waals surface area contributed by atoms with Gasteiger partial charge in [-0.05, 0) is 20.0 Å². The van der Waals surface area contributed by atoms with Gasteiger partial charge < -0.3 is 21.4 Å². The monoisotopic (exact) mass is 171 g/mol. The van der Waals surface area contributed by atoms with E-state index in [0.717, 1.165) is 19.5 Å². The summed E-state index contributed by atoms with van der Waals surface area (Å²) in [5, 5.41) is 3.46. The maximum absolute atomic E-state index is 5.57. The summed E-state index contributed by atoms with van der Waals surface area (Å²) in [6, 6.07) is 0.460. The van der Waals surface area contributed by atoms with Crippen molar-refractivity contribution < 1.29 is 0 Å². The van der Waals surface area contributed by atoms with Crippen molar-refractivity contribution in [3.63, 3.8) is 0 Å². The highest BCUT2D eigenvalue weighted by molar-refractivity contribution is 5.77. The second kappa shape index (κ2) is 3.62. The number of hydrogen-bond donors (Lipinski definition) is 2. The van der Waals surface area contributed by atoms with E-state index in [1.165, 1.54) is 0 Å². The van der Waals surface area contributed by atoms with Gasteiger partial charge in [-0.2, -0.15) is 0 Å². The molecule has 0 aromatic carbocycles. The molecule has 0 saturated carbocycles. The average Bonchev–Trinajstić information content (AvgIpc) is 2.49. The smallest absolute Gasteiger partial charge is 0.213 e. The van der Waals surface area contributed by atoms with Crippen molar-refractivity contribution in [2.75, 3.05) is 27.2 Å². The number of likely N-dealkylation sites (tertiary alicyclic amines) is 1. The highest BCUT2D eigenvalue weighted by atomic mass is 15.3. The Morgan fingerprint density at radius 2 is 2.33 bits per heavy atom. The third kappa shape index (κ3) is 1.79. The lowest BCUT2D eigenvalue weighted by atomic mass is 10.2. The molecule has 5 nitrogen and oxygen atoms in total. The van der Waals surface area contributed by atoms with E-state index in [1.54, 1.807) is 0 Å². The van der Waals surface area contributed by atoms with Crippen LogP contribution >= 0.6 is 0 Å². The molecule has 1 unspecified atom stereocenters. The number of rotatable bonds is 1. The summed E-state index contributed by atoms with van der Waals surface area (Å²) in [4.78, 5) is 4.20. The quantitative estimate of drug-likeness (QED) is 0.225. The Bertz CT molecular complexity index is 179. The SMILES string of the molecule is CN1CCC(N(C)/C(N)=N/N)C1. The molecular formula is C7H17N5. The number of hydrogen-bond acceptors (Lipinski definition) is 3. The average molecular weight is 171 g/mol. The molecule has 1 aliphatic rings. The van der Waals surface area contributed by atoms with Crippen molar-refractivity contribution in [3.8, 4) is 0 Å². The van der Waals surface area contributed by atoms with E-state index in [2.05, 4.69) is 17.0 Å². The second-order valence-corrected chi connectivity index (χ2v) is 3.30. The lowest BCUT2D eigenvalue weighted by Crippen LogP contribution is -2.43. The van der Waals surface area contributed by atoms with Crippen molar-refractivity contribution in [2.45, 2.75) is 12.5 Å². The fourth-order valence-electron chi connectivity index (χ4n) is 1.51. The molecule has 70 valence electrons. The van der Waals surface area contributed by atoms with Crippen molar-refractivity contribution in [1.82, 2.24) is 9.80 Å². The summed E-state index contributed by atoms with van der Waals surface area (Å²) < 4.78 is 0. The number of likely N-dealkylation sites (N-methyl/N-ethyl adjacent to an activating group) is 2. The first-order chi connectivity index (χ1) is 5.65. The molecule has 0 radical (unpaired) electrons. The standard InChI is InChI=1S/C7H17N5/c1-11-4-3-6(5-11)12(2)7(8)10-9/h6H,3-5,9H2,1-2H3,(H2,8,10). The van der Waals surface area contributed by atoms with Gasteiger partial charge in [0.15, 0.2) is 0 Å². The molecule has 12 heavy (non-hydrogen) atoms. The van der Waals surface area contributed by atoms with Gasteiger partial charge in [-0.1, -0.05) is 0 Å². The van der Waals surface area contributed by atoms with Crippen LogP contribution in [0.1, 0.15) is 6.42 Å². The molecule has 0 spiro atoms. The summed E-state index contributed by atoms with van der Waals surface area (Å²) in [6.07, 6.45) is 1.13. The number of nitrogens with zero attached hydrogens (tertiary/aromatic N) is 3. The highest BCUT2D eigenvalue weighted by Gasteiger charge is 2.24. The van der Waals surface area contributed by atoms with E-state index in [1.807, 2.05) is 11.9 Å². The molecule has 1 saturated heterocycles. The van der Waals surface area contributed by atoms with Crippen molar-refractivity contribution in [1.29, 1.82) is 0 Å². The first-order valence-electron chi connectivity index (χ1n) is 4.10. The third-order valence-electron chi connectivity index (χ3n) is 2.41. The normalized spacial score (nSPS) is 26.2. The Morgan fingerprint density at radius 1 is 1.67 bits per heavy atom. The Morgan fingerprint density at radius 3 is 2.75 bits per heavy atom. The minimum atomic E-state index is 0.412. The summed E-state index contributed by atoms with van der Waals surface area (Å²) in [5.41, 5.74) is 5.57. The van der Waals surface area contributed by atoms with E-state index >= 15 is 0 Å². The zero-order valence-electron chi connectivity index (χ0n) is 7.70. The number of guanidine groups is 1. The Hall–Kier alpha value is -0.970. The first kappa shape index (κ1) is 9.12. The summed E-state index contributed by atoms with van der Waals surface area (Å²) in [7, 11) is 4.03. The first-order valence-corrected chi connectivity index (χ1v) is 4.10.